The zero-order valence-electron chi connectivity index (χ0n) is 10.3. The van der Waals surface area contributed by atoms with Crippen molar-refractivity contribution in [3.05, 3.63) is 50.7 Å². The smallest absolute Gasteiger partial charge is 0.298 e. The third kappa shape index (κ3) is 3.52. The number of nitro groups is 1. The van der Waals surface area contributed by atoms with Crippen molar-refractivity contribution in [1.82, 2.24) is 4.98 Å². The maximum absolute atomic E-state index is 12.7. The molecule has 0 radical (unpaired) electrons. The highest BCUT2D eigenvalue weighted by Crippen LogP contribution is 2.35. The van der Waals surface area contributed by atoms with E-state index in [4.69, 9.17) is 11.6 Å². The summed E-state index contributed by atoms with van der Waals surface area (Å²) in [5, 5.41) is 11.7. The third-order valence-corrected chi connectivity index (χ3v) is 3.62. The standard InChI is InChI=1S/C11H5ClF3N3O3S/c12-7-2-1-5(3-6(7)11(13,14)15)9(19)17-10-16-4-8(22-10)18(20)21/h1-4H,(H,16,17,19). The van der Waals surface area contributed by atoms with E-state index in [1.807, 2.05) is 0 Å². The van der Waals surface area contributed by atoms with Crippen molar-refractivity contribution >= 4 is 39.0 Å². The van der Waals surface area contributed by atoms with Crippen molar-refractivity contribution in [2.75, 3.05) is 5.32 Å². The minimum atomic E-state index is -4.70. The fraction of sp³-hybridized carbons (Fsp3) is 0.0909. The van der Waals surface area contributed by atoms with Gasteiger partial charge in [0.15, 0.2) is 5.13 Å². The molecule has 0 aliphatic rings. The Morgan fingerprint density at radius 3 is 2.64 bits per heavy atom. The van der Waals surface area contributed by atoms with Crippen LogP contribution in [0.5, 0.6) is 0 Å². The Morgan fingerprint density at radius 2 is 2.09 bits per heavy atom. The van der Waals surface area contributed by atoms with Crippen molar-refractivity contribution in [1.29, 1.82) is 0 Å². The molecule has 1 N–H and O–H groups in total. The molecular weight excluding hydrogens is 347 g/mol. The molecule has 1 amide bonds. The van der Waals surface area contributed by atoms with Crippen LogP contribution in [0.1, 0.15) is 15.9 Å². The van der Waals surface area contributed by atoms with Gasteiger partial charge in [0, 0.05) is 5.56 Å². The van der Waals surface area contributed by atoms with Crippen LogP contribution < -0.4 is 5.32 Å². The first-order valence-corrected chi connectivity index (χ1v) is 6.66. The monoisotopic (exact) mass is 351 g/mol. The number of nitrogens with zero attached hydrogens (tertiary/aromatic N) is 2. The molecule has 6 nitrogen and oxygen atoms in total. The zero-order chi connectivity index (χ0) is 16.5. The van der Waals surface area contributed by atoms with Crippen molar-refractivity contribution < 1.29 is 22.9 Å². The van der Waals surface area contributed by atoms with Gasteiger partial charge in [-0.05, 0) is 29.5 Å². The molecule has 11 heteroatoms. The lowest BCUT2D eigenvalue weighted by molar-refractivity contribution is -0.380. The van der Waals surface area contributed by atoms with Crippen LogP contribution in [0.25, 0.3) is 0 Å². The predicted molar refractivity (Wildman–Crippen MR) is 73.2 cm³/mol. The number of rotatable bonds is 3. The number of aromatic nitrogens is 1. The highest BCUT2D eigenvalue weighted by Gasteiger charge is 2.33. The SMILES string of the molecule is O=C(Nc1ncc([N+](=O)[O-])s1)c1ccc(Cl)c(C(F)(F)F)c1. The number of benzene rings is 1. The second-order valence-electron chi connectivity index (χ2n) is 3.91. The van der Waals surface area contributed by atoms with Crippen molar-refractivity contribution in [3.63, 3.8) is 0 Å². The number of thiazole rings is 1. The number of nitrogens with one attached hydrogen (secondary N) is 1. The van der Waals surface area contributed by atoms with Crippen LogP contribution in [-0.4, -0.2) is 15.8 Å². The van der Waals surface area contributed by atoms with E-state index in [-0.39, 0.29) is 15.7 Å². The highest BCUT2D eigenvalue weighted by atomic mass is 35.5. The summed E-state index contributed by atoms with van der Waals surface area (Å²) in [5.74, 6) is -0.883. The van der Waals surface area contributed by atoms with E-state index in [9.17, 15) is 28.1 Å². The molecule has 0 unspecified atom stereocenters. The molecule has 0 aliphatic heterocycles. The summed E-state index contributed by atoms with van der Waals surface area (Å²) in [6.45, 7) is 0. The molecule has 1 heterocycles. The zero-order valence-corrected chi connectivity index (χ0v) is 11.9. The minimum Gasteiger partial charge on any atom is -0.298 e. The Bertz CT molecular complexity index is 748. The van der Waals surface area contributed by atoms with Gasteiger partial charge in [-0.25, -0.2) is 4.98 Å². The number of carbonyl (C=O) groups is 1. The summed E-state index contributed by atoms with van der Waals surface area (Å²) in [5.41, 5.74) is -1.44. The number of alkyl halides is 3. The molecule has 0 saturated heterocycles. The van der Waals surface area contributed by atoms with Crippen molar-refractivity contribution in [2.24, 2.45) is 0 Å². The summed E-state index contributed by atoms with van der Waals surface area (Å²) >= 11 is 6.03. The van der Waals surface area contributed by atoms with Gasteiger partial charge in [-0.15, -0.1) is 0 Å². The van der Waals surface area contributed by atoms with Gasteiger partial charge in [0.05, 0.1) is 15.5 Å². The van der Waals surface area contributed by atoms with Gasteiger partial charge in [-0.3, -0.25) is 20.2 Å². The first kappa shape index (κ1) is 16.2. The molecule has 22 heavy (non-hydrogen) atoms. The van der Waals surface area contributed by atoms with Crippen LogP contribution in [0.4, 0.5) is 23.3 Å². The van der Waals surface area contributed by atoms with E-state index in [2.05, 4.69) is 10.3 Å². The Kier molecular flexibility index (Phi) is 4.33. The average molecular weight is 352 g/mol. The lowest BCUT2D eigenvalue weighted by Crippen LogP contribution is -2.14. The van der Waals surface area contributed by atoms with E-state index in [0.29, 0.717) is 17.4 Å². The van der Waals surface area contributed by atoms with Gasteiger partial charge in [0.1, 0.15) is 6.20 Å². The van der Waals surface area contributed by atoms with E-state index >= 15 is 0 Å². The Morgan fingerprint density at radius 1 is 1.41 bits per heavy atom. The molecule has 0 saturated carbocycles. The van der Waals surface area contributed by atoms with Crippen LogP contribution in [0.15, 0.2) is 24.4 Å². The normalized spacial score (nSPS) is 11.3. The largest absolute Gasteiger partial charge is 0.417 e. The summed E-state index contributed by atoms with van der Waals surface area (Å²) < 4.78 is 38.1. The second-order valence-corrected chi connectivity index (χ2v) is 5.32. The van der Waals surface area contributed by atoms with Gasteiger partial charge in [0.2, 0.25) is 0 Å². The topological polar surface area (TPSA) is 85.1 Å². The molecule has 0 bridgehead atoms. The number of halogens is 4. The molecular formula is C11H5ClF3N3O3S. The third-order valence-electron chi connectivity index (χ3n) is 2.43. The fourth-order valence-corrected chi connectivity index (χ4v) is 2.31. The summed E-state index contributed by atoms with van der Waals surface area (Å²) in [6, 6.07) is 2.65. The summed E-state index contributed by atoms with van der Waals surface area (Å²) in [6.07, 6.45) is -3.77. The van der Waals surface area contributed by atoms with Crippen LogP contribution in [0.3, 0.4) is 0 Å². The fourth-order valence-electron chi connectivity index (χ4n) is 1.46. The van der Waals surface area contributed by atoms with E-state index in [1.165, 1.54) is 0 Å². The first-order chi connectivity index (χ1) is 10.2. The number of hydrogen-bond acceptors (Lipinski definition) is 5. The van der Waals surface area contributed by atoms with Crippen LogP contribution >= 0.6 is 22.9 Å². The molecule has 0 spiro atoms. The number of anilines is 1. The number of amides is 1. The lowest BCUT2D eigenvalue weighted by Gasteiger charge is -2.10. The Hall–Kier alpha value is -2.20. The Balaban J connectivity index is 2.24. The molecule has 0 aliphatic carbocycles. The van der Waals surface area contributed by atoms with Crippen LogP contribution in [0.2, 0.25) is 5.02 Å². The lowest BCUT2D eigenvalue weighted by atomic mass is 10.1. The van der Waals surface area contributed by atoms with Gasteiger partial charge < -0.3 is 0 Å². The van der Waals surface area contributed by atoms with Crippen LogP contribution in [-0.2, 0) is 6.18 Å². The van der Waals surface area contributed by atoms with Gasteiger partial charge >= 0.3 is 11.2 Å². The molecule has 0 fully saturated rings. The minimum absolute atomic E-state index is 0.0970. The molecule has 2 rings (SSSR count). The van der Waals surface area contributed by atoms with Crippen molar-refractivity contribution in [2.45, 2.75) is 6.18 Å². The quantitative estimate of drug-likeness (QED) is 0.669. The number of carbonyl (C=O) groups excluding carboxylic acids is 1. The summed E-state index contributed by atoms with van der Waals surface area (Å²) in [4.78, 5) is 25.2. The first-order valence-electron chi connectivity index (χ1n) is 5.47. The predicted octanol–water partition coefficient (Wildman–Crippen LogP) is 3.98. The molecule has 0 atom stereocenters. The molecule has 1 aromatic carbocycles. The van der Waals surface area contributed by atoms with Crippen molar-refractivity contribution in [3.8, 4) is 0 Å². The second kappa shape index (κ2) is 5.89. The van der Waals surface area contributed by atoms with Gasteiger partial charge in [0.25, 0.3) is 5.91 Å². The van der Waals surface area contributed by atoms with E-state index in [1.54, 1.807) is 0 Å². The Labute approximate surface area is 129 Å². The van der Waals surface area contributed by atoms with E-state index in [0.717, 1.165) is 18.3 Å². The highest BCUT2D eigenvalue weighted by molar-refractivity contribution is 7.18. The molecule has 1 aromatic heterocycles. The maximum atomic E-state index is 12.7. The summed E-state index contributed by atoms with van der Waals surface area (Å²) in [7, 11) is 0. The van der Waals surface area contributed by atoms with Crippen LogP contribution in [0, 0.1) is 10.1 Å². The number of hydrogen-bond donors (Lipinski definition) is 1. The van der Waals surface area contributed by atoms with Gasteiger partial charge in [-0.2, -0.15) is 13.2 Å². The molecule has 116 valence electrons. The average Bonchev–Trinajstić information content (AvgIpc) is 2.86. The van der Waals surface area contributed by atoms with Gasteiger partial charge in [-0.1, -0.05) is 11.6 Å². The van der Waals surface area contributed by atoms with E-state index < -0.39 is 27.6 Å². The maximum Gasteiger partial charge on any atom is 0.417 e. The molecule has 2 aromatic rings.